The SMILES string of the molecule is CCCCCCCC/C=C\C/C=C/CCC(=O)OCC(O)COP(=O)(O)OCC(O)COP(=O)(O)OCC(O)COC(=O)CCCCCCCCCCCCCCCCC. The molecule has 0 saturated carbocycles. The molecule has 17 heteroatoms. The van der Waals surface area contributed by atoms with Crippen molar-refractivity contribution in [3.05, 3.63) is 24.3 Å². The van der Waals surface area contributed by atoms with Gasteiger partial charge in [-0.15, -0.1) is 0 Å². The van der Waals surface area contributed by atoms with E-state index in [0.29, 0.717) is 12.8 Å². The number of hydrogen-bond acceptors (Lipinski definition) is 13. The molecule has 60 heavy (non-hydrogen) atoms. The van der Waals surface area contributed by atoms with Crippen LogP contribution < -0.4 is 0 Å². The first-order chi connectivity index (χ1) is 28.8. The van der Waals surface area contributed by atoms with Crippen molar-refractivity contribution in [3.63, 3.8) is 0 Å². The number of carbonyl (C=O) groups is 2. The highest BCUT2D eigenvalue weighted by Crippen LogP contribution is 2.45. The van der Waals surface area contributed by atoms with E-state index in [-0.39, 0.29) is 12.8 Å². The number of ether oxygens (including phenoxy) is 2. The zero-order chi connectivity index (χ0) is 44.6. The first kappa shape index (κ1) is 58.5. The lowest BCUT2D eigenvalue weighted by Crippen LogP contribution is -2.25. The summed E-state index contributed by atoms with van der Waals surface area (Å²) in [7, 11) is -9.57. The minimum atomic E-state index is -4.79. The molecule has 0 aliphatic rings. The van der Waals surface area contributed by atoms with Gasteiger partial charge in [-0.05, 0) is 32.1 Å². The molecule has 5 unspecified atom stereocenters. The maximum Gasteiger partial charge on any atom is 0.472 e. The Bertz CT molecular complexity index is 1190. The smallest absolute Gasteiger partial charge is 0.463 e. The molecule has 0 fully saturated rings. The summed E-state index contributed by atoms with van der Waals surface area (Å²) in [4.78, 5) is 43.6. The molecule has 0 aromatic heterocycles. The van der Waals surface area contributed by atoms with Crippen molar-refractivity contribution in [2.45, 2.75) is 199 Å². The van der Waals surface area contributed by atoms with Crippen molar-refractivity contribution in [2.24, 2.45) is 0 Å². The monoisotopic (exact) mass is 901 g/mol. The van der Waals surface area contributed by atoms with Crippen LogP contribution in [0.2, 0.25) is 0 Å². The molecule has 5 N–H and O–H groups in total. The average molecular weight is 901 g/mol. The molecule has 0 amide bonds. The average Bonchev–Trinajstić information content (AvgIpc) is 3.22. The molecule has 0 aromatic carbocycles. The zero-order valence-corrected chi connectivity index (χ0v) is 38.7. The molecule has 0 aromatic rings. The largest absolute Gasteiger partial charge is 0.472 e. The van der Waals surface area contributed by atoms with Crippen LogP contribution in [0.5, 0.6) is 0 Å². The van der Waals surface area contributed by atoms with Gasteiger partial charge in [0, 0.05) is 12.8 Å². The number of phosphoric acid groups is 2. The summed E-state index contributed by atoms with van der Waals surface area (Å²) in [5, 5.41) is 29.9. The van der Waals surface area contributed by atoms with Gasteiger partial charge < -0.3 is 34.6 Å². The third-order valence-electron chi connectivity index (χ3n) is 9.42. The summed E-state index contributed by atoms with van der Waals surface area (Å²) in [5.74, 6) is -1.06. The molecule has 0 rings (SSSR count). The second-order valence-corrected chi connectivity index (χ2v) is 18.3. The molecule has 0 bridgehead atoms. The molecule has 0 spiro atoms. The van der Waals surface area contributed by atoms with Gasteiger partial charge in [-0.25, -0.2) is 9.13 Å². The topological polar surface area (TPSA) is 225 Å². The van der Waals surface area contributed by atoms with Gasteiger partial charge in [-0.3, -0.25) is 27.7 Å². The van der Waals surface area contributed by atoms with E-state index in [1.165, 1.54) is 109 Å². The Kier molecular flexibility index (Phi) is 39.3. The molecule has 15 nitrogen and oxygen atoms in total. The van der Waals surface area contributed by atoms with Gasteiger partial charge in [0.05, 0.1) is 26.4 Å². The highest BCUT2D eigenvalue weighted by atomic mass is 31.2. The van der Waals surface area contributed by atoms with Gasteiger partial charge in [-0.1, -0.05) is 160 Å². The first-order valence-electron chi connectivity index (χ1n) is 22.7. The van der Waals surface area contributed by atoms with Crippen molar-refractivity contribution in [1.82, 2.24) is 0 Å². The van der Waals surface area contributed by atoms with Crippen molar-refractivity contribution >= 4 is 27.6 Å². The van der Waals surface area contributed by atoms with Crippen molar-refractivity contribution < 1.29 is 71.4 Å². The Morgan fingerprint density at radius 3 is 1.15 bits per heavy atom. The van der Waals surface area contributed by atoms with Crippen molar-refractivity contribution in [2.75, 3.05) is 39.6 Å². The maximum atomic E-state index is 12.1. The standard InChI is InChI=1S/C43H82O15P2/c1-3-5-7-9-11-13-15-17-18-20-22-24-26-28-30-32-43(48)54-34-40(45)36-56-60(51,52)58-38-41(46)37-57-59(49,50)55-35-39(44)33-53-42(47)31-29-27-25-23-21-19-16-14-12-10-8-6-4-2/h19,21,25,27,39-41,44-46H,3-18,20,22-24,26,28-38H2,1-2H3,(H,49,50)(H,51,52)/b21-19-,27-25+. The van der Waals surface area contributed by atoms with Crippen molar-refractivity contribution in [1.29, 1.82) is 0 Å². The van der Waals surface area contributed by atoms with Crippen LogP contribution in [0.1, 0.15) is 181 Å². The number of allylic oxidation sites excluding steroid dienone is 4. The van der Waals surface area contributed by atoms with E-state index >= 15 is 0 Å². The van der Waals surface area contributed by atoms with Gasteiger partial charge in [0.25, 0.3) is 0 Å². The fraction of sp³-hybridized carbons (Fsp3) is 0.860. The molecule has 354 valence electrons. The summed E-state index contributed by atoms with van der Waals surface area (Å²) in [5.41, 5.74) is 0. The third-order valence-corrected chi connectivity index (χ3v) is 11.3. The van der Waals surface area contributed by atoms with E-state index in [1.54, 1.807) is 0 Å². The van der Waals surface area contributed by atoms with Gasteiger partial charge >= 0.3 is 27.6 Å². The molecule has 0 aliphatic heterocycles. The van der Waals surface area contributed by atoms with Crippen LogP contribution in [0.4, 0.5) is 0 Å². The summed E-state index contributed by atoms with van der Waals surface area (Å²) in [6, 6.07) is 0. The van der Waals surface area contributed by atoms with Crippen LogP contribution in [0, 0.1) is 0 Å². The van der Waals surface area contributed by atoms with Crippen LogP contribution in [-0.4, -0.2) is 95.0 Å². The highest BCUT2D eigenvalue weighted by molar-refractivity contribution is 7.47. The minimum absolute atomic E-state index is 0.0918. The Labute approximate surface area is 361 Å². The predicted molar refractivity (Wildman–Crippen MR) is 233 cm³/mol. The second kappa shape index (κ2) is 40.3. The molecule has 0 aliphatic carbocycles. The number of hydrogen-bond donors (Lipinski definition) is 5. The van der Waals surface area contributed by atoms with Crippen LogP contribution in [0.3, 0.4) is 0 Å². The summed E-state index contributed by atoms with van der Waals surface area (Å²) >= 11 is 0. The Morgan fingerprint density at radius 1 is 0.433 bits per heavy atom. The van der Waals surface area contributed by atoms with Gasteiger partial charge in [0.2, 0.25) is 0 Å². The predicted octanol–water partition coefficient (Wildman–Crippen LogP) is 9.72. The number of aliphatic hydroxyl groups is 3. The quantitative estimate of drug-likeness (QED) is 0.0166. The Morgan fingerprint density at radius 2 is 0.750 bits per heavy atom. The fourth-order valence-electron chi connectivity index (χ4n) is 5.85. The van der Waals surface area contributed by atoms with Crippen LogP contribution in [0.25, 0.3) is 0 Å². The first-order valence-corrected chi connectivity index (χ1v) is 25.7. The normalized spacial score (nSPS) is 15.5. The fourth-order valence-corrected chi connectivity index (χ4v) is 7.44. The molecular formula is C43H82O15P2. The highest BCUT2D eigenvalue weighted by Gasteiger charge is 2.28. The lowest BCUT2D eigenvalue weighted by molar-refractivity contribution is -0.148. The van der Waals surface area contributed by atoms with Gasteiger partial charge in [-0.2, -0.15) is 0 Å². The molecular weight excluding hydrogens is 818 g/mol. The second-order valence-electron chi connectivity index (χ2n) is 15.4. The molecule has 0 heterocycles. The van der Waals surface area contributed by atoms with E-state index in [2.05, 4.69) is 44.1 Å². The number of unbranched alkanes of at least 4 members (excludes halogenated alkanes) is 20. The van der Waals surface area contributed by atoms with E-state index in [1.807, 2.05) is 12.2 Å². The van der Waals surface area contributed by atoms with Crippen LogP contribution >= 0.6 is 15.6 Å². The molecule has 5 atom stereocenters. The number of carbonyl (C=O) groups excluding carboxylic acids is 2. The van der Waals surface area contributed by atoms with E-state index < -0.39 is 85.5 Å². The molecule has 0 radical (unpaired) electrons. The summed E-state index contributed by atoms with van der Waals surface area (Å²) in [6.45, 7) is 0.349. The number of aliphatic hydroxyl groups excluding tert-OH is 3. The van der Waals surface area contributed by atoms with Gasteiger partial charge in [0.15, 0.2) is 0 Å². The van der Waals surface area contributed by atoms with Gasteiger partial charge in [0.1, 0.15) is 31.5 Å². The maximum absolute atomic E-state index is 12.1. The lowest BCUT2D eigenvalue weighted by Gasteiger charge is -2.19. The van der Waals surface area contributed by atoms with E-state index in [4.69, 9.17) is 9.47 Å². The van der Waals surface area contributed by atoms with Crippen LogP contribution in [0.15, 0.2) is 24.3 Å². The third kappa shape index (κ3) is 41.9. The van der Waals surface area contributed by atoms with E-state index in [0.717, 1.165) is 32.1 Å². The summed E-state index contributed by atoms with van der Waals surface area (Å²) in [6.07, 6.45) is 31.9. The lowest BCUT2D eigenvalue weighted by atomic mass is 10.0. The number of rotatable bonds is 44. The Balaban J connectivity index is 3.94. The number of esters is 2. The Hall–Kier alpha value is -1.48. The van der Waals surface area contributed by atoms with Crippen molar-refractivity contribution in [3.8, 4) is 0 Å². The van der Waals surface area contributed by atoms with E-state index in [9.17, 15) is 43.8 Å². The molecule has 0 saturated heterocycles. The van der Waals surface area contributed by atoms with Crippen LogP contribution in [-0.2, 0) is 46.3 Å². The summed E-state index contributed by atoms with van der Waals surface area (Å²) < 4.78 is 52.8. The minimum Gasteiger partial charge on any atom is -0.463 e. The zero-order valence-electron chi connectivity index (χ0n) is 36.9. The number of phosphoric ester groups is 2.